The van der Waals surface area contributed by atoms with Crippen molar-refractivity contribution < 1.29 is 19.5 Å². The molecule has 0 atom stereocenters. The lowest BCUT2D eigenvalue weighted by Gasteiger charge is -2.33. The molecule has 0 spiro atoms. The number of anilines is 1. The fourth-order valence-electron chi connectivity index (χ4n) is 8.74. The van der Waals surface area contributed by atoms with Crippen molar-refractivity contribution in [3.05, 3.63) is 86.4 Å². The zero-order valence-corrected chi connectivity index (χ0v) is 32.4. The highest BCUT2D eigenvalue weighted by Gasteiger charge is 2.32. The van der Waals surface area contributed by atoms with E-state index in [2.05, 4.69) is 15.1 Å². The number of halogens is 2. The summed E-state index contributed by atoms with van der Waals surface area (Å²) in [6, 6.07) is 11.0. The van der Waals surface area contributed by atoms with Gasteiger partial charge in [0.05, 0.1) is 33.0 Å². The van der Waals surface area contributed by atoms with Crippen molar-refractivity contribution in [1.82, 2.24) is 28.9 Å². The molecule has 2 saturated carbocycles. The number of carbonyl (C=O) groups excluding carboxylic acids is 2. The molecule has 4 heterocycles. The molecule has 0 saturated heterocycles. The summed E-state index contributed by atoms with van der Waals surface area (Å²) in [5.74, 6) is 0.719. The van der Waals surface area contributed by atoms with Crippen molar-refractivity contribution in [2.45, 2.75) is 70.9 Å². The van der Waals surface area contributed by atoms with Crippen LogP contribution in [0.2, 0.25) is 10.0 Å². The number of aromatic nitrogens is 4. The van der Waals surface area contributed by atoms with E-state index in [9.17, 15) is 19.5 Å². The first-order valence-electron chi connectivity index (χ1n) is 19.2. The molecule has 13 heteroatoms. The quantitative estimate of drug-likeness (QED) is 0.159. The van der Waals surface area contributed by atoms with Crippen LogP contribution >= 0.6 is 23.2 Å². The highest BCUT2D eigenvalue weighted by Crippen LogP contribution is 2.39. The van der Waals surface area contributed by atoms with Crippen LogP contribution in [0.25, 0.3) is 11.1 Å². The monoisotopic (exact) mass is 771 g/mol. The Labute approximate surface area is 325 Å². The molecule has 4 aliphatic rings. The first kappa shape index (κ1) is 36.9. The first-order chi connectivity index (χ1) is 26.0. The maximum atomic E-state index is 13.7. The third-order valence-corrected chi connectivity index (χ3v) is 12.9. The third kappa shape index (κ3) is 7.48. The second-order valence-electron chi connectivity index (χ2n) is 15.7. The summed E-state index contributed by atoms with van der Waals surface area (Å²) in [7, 11) is 3.80. The van der Waals surface area contributed by atoms with Crippen LogP contribution in [0.1, 0.15) is 88.1 Å². The van der Waals surface area contributed by atoms with E-state index in [1.807, 2.05) is 53.6 Å². The van der Waals surface area contributed by atoms with Crippen LogP contribution in [-0.4, -0.2) is 77.8 Å². The van der Waals surface area contributed by atoms with Gasteiger partial charge >= 0.3 is 5.97 Å². The van der Waals surface area contributed by atoms with Crippen LogP contribution < -0.4 is 5.32 Å². The van der Waals surface area contributed by atoms with Gasteiger partial charge in [-0.05, 0) is 62.0 Å². The summed E-state index contributed by atoms with van der Waals surface area (Å²) >= 11 is 14.0. The fourth-order valence-corrected chi connectivity index (χ4v) is 9.31. The van der Waals surface area contributed by atoms with E-state index in [0.717, 1.165) is 99.9 Å². The second-order valence-corrected chi connectivity index (χ2v) is 16.5. The van der Waals surface area contributed by atoms with Crippen molar-refractivity contribution in [1.29, 1.82) is 0 Å². The molecule has 2 aliphatic heterocycles. The topological polar surface area (TPSA) is 126 Å². The minimum Gasteiger partial charge on any atom is -0.481 e. The molecule has 54 heavy (non-hydrogen) atoms. The molecular weight excluding hydrogens is 725 g/mol. The molecule has 0 unspecified atom stereocenters. The van der Waals surface area contributed by atoms with Crippen LogP contribution in [0, 0.1) is 17.8 Å². The number of amides is 1. The number of carboxylic acid groups (broad SMARTS) is 1. The van der Waals surface area contributed by atoms with Crippen molar-refractivity contribution in [3.8, 4) is 11.1 Å². The predicted octanol–water partition coefficient (Wildman–Crippen LogP) is 6.82. The molecule has 2 aliphatic carbocycles. The Morgan fingerprint density at radius 2 is 1.30 bits per heavy atom. The van der Waals surface area contributed by atoms with Crippen LogP contribution in [0.5, 0.6) is 0 Å². The van der Waals surface area contributed by atoms with Crippen molar-refractivity contribution in [3.63, 3.8) is 0 Å². The van der Waals surface area contributed by atoms with E-state index >= 15 is 0 Å². The molecule has 4 aromatic rings. The number of aliphatic carboxylic acids is 1. The Balaban J connectivity index is 0.940. The van der Waals surface area contributed by atoms with Gasteiger partial charge in [-0.3, -0.25) is 24.2 Å². The largest absolute Gasteiger partial charge is 0.481 e. The summed E-state index contributed by atoms with van der Waals surface area (Å²) in [5, 5.41) is 13.1. The Hall–Kier alpha value is -4.03. The van der Waals surface area contributed by atoms with Gasteiger partial charge in [-0.2, -0.15) is 0 Å². The number of rotatable bonds is 11. The summed E-state index contributed by atoms with van der Waals surface area (Å²) in [6.45, 7) is 5.33. The molecular formula is C41H47Cl2N7O4. The summed E-state index contributed by atoms with van der Waals surface area (Å²) in [5.41, 5.74) is 6.51. The van der Waals surface area contributed by atoms with E-state index in [1.165, 1.54) is 12.8 Å². The van der Waals surface area contributed by atoms with Crippen molar-refractivity contribution in [2.75, 3.05) is 31.5 Å². The van der Waals surface area contributed by atoms with E-state index in [-0.39, 0.29) is 24.0 Å². The van der Waals surface area contributed by atoms with Crippen LogP contribution in [0.3, 0.4) is 0 Å². The maximum absolute atomic E-state index is 13.7. The SMILES string of the molecule is Cn1c(C(=O)Cc2cccc(-c3cccc(NC(=O)c4nc5c(n4C)CCN(CC4CCC(C(=O)O)CC4)C5)c3Cl)c2Cl)nc2c1CCN(CC1CC1)C2. The smallest absolute Gasteiger partial charge is 0.306 e. The number of carboxylic acids is 1. The van der Waals surface area contributed by atoms with Crippen LogP contribution in [0.15, 0.2) is 36.4 Å². The number of nitrogens with one attached hydrogen (secondary N) is 1. The fraction of sp³-hybridized carbons (Fsp3) is 0.488. The molecule has 2 aromatic carbocycles. The Morgan fingerprint density at radius 1 is 0.759 bits per heavy atom. The van der Waals surface area contributed by atoms with Gasteiger partial charge in [0.25, 0.3) is 5.91 Å². The molecule has 2 N–H and O–H groups in total. The number of fused-ring (bicyclic) bond motifs is 2. The standard InChI is InChI=1S/C41H47Cl2N7O4/c1-47-33-15-17-49(20-24-9-10-24)22-31(33)44-38(47)35(51)19-27-5-3-6-28(36(27)42)29-7-4-8-30(37(29)43)46-40(52)39-45-32-23-50(18-16-34(32)48(39)2)21-25-11-13-26(14-12-25)41(53)54/h3-8,24-26H,9-23H2,1-2H3,(H,46,52)(H,53,54). The maximum Gasteiger partial charge on any atom is 0.306 e. The Bertz CT molecular complexity index is 2110. The average Bonchev–Trinajstić information content (AvgIpc) is 3.83. The predicted molar refractivity (Wildman–Crippen MR) is 208 cm³/mol. The van der Waals surface area contributed by atoms with Gasteiger partial charge in [0, 0.05) is 95.1 Å². The minimum atomic E-state index is -0.681. The number of imidazole rings is 2. The minimum absolute atomic E-state index is 0.0874. The van der Waals surface area contributed by atoms with Crippen molar-refractivity contribution >= 4 is 46.5 Å². The molecule has 8 rings (SSSR count). The molecule has 11 nitrogen and oxygen atoms in total. The first-order valence-corrected chi connectivity index (χ1v) is 20.0. The highest BCUT2D eigenvalue weighted by atomic mass is 35.5. The Kier molecular flexibility index (Phi) is 10.4. The molecule has 2 aromatic heterocycles. The molecule has 284 valence electrons. The third-order valence-electron chi connectivity index (χ3n) is 12.0. The highest BCUT2D eigenvalue weighted by molar-refractivity contribution is 6.39. The number of hydrogen-bond acceptors (Lipinski definition) is 7. The lowest BCUT2D eigenvalue weighted by atomic mass is 9.81. The summed E-state index contributed by atoms with van der Waals surface area (Å²) < 4.78 is 3.83. The average molecular weight is 773 g/mol. The van der Waals surface area contributed by atoms with Crippen molar-refractivity contribution in [2.24, 2.45) is 31.8 Å². The van der Waals surface area contributed by atoms with Crippen LogP contribution in [0.4, 0.5) is 5.69 Å². The normalized spacial score (nSPS) is 20.4. The van der Waals surface area contributed by atoms with Gasteiger partial charge in [-0.1, -0.05) is 53.5 Å². The number of benzene rings is 2. The number of carbonyl (C=O) groups is 3. The Morgan fingerprint density at radius 3 is 1.89 bits per heavy atom. The van der Waals surface area contributed by atoms with Crippen LogP contribution in [-0.2, 0) is 51.2 Å². The molecule has 1 amide bonds. The summed E-state index contributed by atoms with van der Waals surface area (Å²) in [6.07, 6.45) is 7.73. The van der Waals surface area contributed by atoms with Gasteiger partial charge < -0.3 is 19.6 Å². The van der Waals surface area contributed by atoms with E-state index in [4.69, 9.17) is 33.2 Å². The lowest BCUT2D eigenvalue weighted by Crippen LogP contribution is -2.36. The van der Waals surface area contributed by atoms with E-state index in [0.29, 0.717) is 56.5 Å². The van der Waals surface area contributed by atoms with Gasteiger partial charge in [-0.25, -0.2) is 9.97 Å². The van der Waals surface area contributed by atoms with E-state index < -0.39 is 5.97 Å². The number of Topliss-reactive ketones (excluding diaryl/α,β-unsaturated/α-hetero) is 1. The van der Waals surface area contributed by atoms with Gasteiger partial charge in [0.1, 0.15) is 0 Å². The van der Waals surface area contributed by atoms with Gasteiger partial charge in [0.15, 0.2) is 11.6 Å². The number of ketones is 1. The summed E-state index contributed by atoms with van der Waals surface area (Å²) in [4.78, 5) is 53.2. The molecule has 0 radical (unpaired) electrons. The van der Waals surface area contributed by atoms with Gasteiger partial charge in [-0.15, -0.1) is 0 Å². The zero-order valence-electron chi connectivity index (χ0n) is 30.9. The molecule has 0 bridgehead atoms. The second kappa shape index (κ2) is 15.2. The van der Waals surface area contributed by atoms with E-state index in [1.54, 1.807) is 6.07 Å². The lowest BCUT2D eigenvalue weighted by molar-refractivity contribution is -0.143. The van der Waals surface area contributed by atoms with Gasteiger partial charge in [0.2, 0.25) is 5.78 Å². The number of nitrogens with zero attached hydrogens (tertiary/aromatic N) is 6. The zero-order chi connectivity index (χ0) is 37.7. The molecule has 2 fully saturated rings. The number of hydrogen-bond donors (Lipinski definition) is 2.